The highest BCUT2D eigenvalue weighted by Gasteiger charge is 2.64. The minimum absolute atomic E-state index is 0.00390. The Kier molecular flexibility index (Phi) is 22.1. The van der Waals surface area contributed by atoms with Gasteiger partial charge in [-0.15, -0.1) is 0 Å². The molecule has 2 bridgehead atoms. The molecule has 10 aliphatic rings. The van der Waals surface area contributed by atoms with Crippen LogP contribution in [0.25, 0.3) is 0 Å². The third kappa shape index (κ3) is 13.9. The Hall–Kier alpha value is -3.85. The highest BCUT2D eigenvalue weighted by molar-refractivity contribution is 6.26. The molecule has 10 rings (SSSR count). The Labute approximate surface area is 544 Å². The molecule has 0 aromatic carbocycles. The summed E-state index contributed by atoms with van der Waals surface area (Å²) in [5.41, 5.74) is -3.16. The van der Waals surface area contributed by atoms with E-state index in [1.165, 1.54) is 14.2 Å². The van der Waals surface area contributed by atoms with Gasteiger partial charge in [0.1, 0.15) is 35.7 Å². The third-order valence-corrected chi connectivity index (χ3v) is 22.3. The van der Waals surface area contributed by atoms with Gasteiger partial charge in [0.25, 0.3) is 0 Å². The maximum atomic E-state index is 15.7. The van der Waals surface area contributed by atoms with Crippen LogP contribution in [-0.4, -0.2) is 225 Å². The van der Waals surface area contributed by atoms with Gasteiger partial charge in [-0.05, 0) is 103 Å². The van der Waals surface area contributed by atoms with E-state index in [2.05, 4.69) is 25.2 Å². The first-order valence-corrected chi connectivity index (χ1v) is 33.3. The van der Waals surface area contributed by atoms with Crippen molar-refractivity contribution < 1.29 is 117 Å². The van der Waals surface area contributed by atoms with Crippen molar-refractivity contribution in [2.24, 2.45) is 46.8 Å². The molecule has 26 nitrogen and oxygen atoms in total. The Balaban J connectivity index is 0.942. The second-order valence-electron chi connectivity index (χ2n) is 28.6. The van der Waals surface area contributed by atoms with E-state index in [-0.39, 0.29) is 68.6 Å². The van der Waals surface area contributed by atoms with Gasteiger partial charge < -0.3 is 97.5 Å². The normalized spacial score (nSPS) is 49.2. The summed E-state index contributed by atoms with van der Waals surface area (Å²) in [6, 6.07) is -0.968. The maximum Gasteiger partial charge on any atom is 0.407 e. The topological polar surface area (TPSA) is 348 Å². The van der Waals surface area contributed by atoms with E-state index in [0.29, 0.717) is 17.6 Å². The maximum absolute atomic E-state index is 15.7. The van der Waals surface area contributed by atoms with Crippen molar-refractivity contribution in [2.45, 2.75) is 275 Å². The lowest BCUT2D eigenvalue weighted by Gasteiger charge is -2.56. The Bertz CT molecular complexity index is 2830. The summed E-state index contributed by atoms with van der Waals surface area (Å²) in [6.07, 6.45) is -7.44. The zero-order valence-corrected chi connectivity index (χ0v) is 56.0. The molecule has 4 aliphatic carbocycles. The van der Waals surface area contributed by atoms with Crippen LogP contribution in [0.5, 0.6) is 0 Å². The first-order valence-electron chi connectivity index (χ1n) is 33.3. The number of hydroxylamine groups is 2. The van der Waals surface area contributed by atoms with Crippen molar-refractivity contribution in [2.75, 3.05) is 20.8 Å². The fraction of sp³-hybridized carbons (Fsp3) is 0.806. The number of fused-ring (bicyclic) bond motifs is 4. The summed E-state index contributed by atoms with van der Waals surface area (Å²) in [5.74, 6) is -5.20. The quantitative estimate of drug-likeness (QED) is 0.0463. The lowest BCUT2D eigenvalue weighted by atomic mass is 9.49. The van der Waals surface area contributed by atoms with Crippen molar-refractivity contribution in [3.63, 3.8) is 0 Å². The van der Waals surface area contributed by atoms with Gasteiger partial charge in [0, 0.05) is 68.8 Å². The SMILES string of the molecule is COC(=O)NC1C(C)OC(O[C@H]2C/C=C(\C)[C@@H]3C=C[C@@H]4[C@@H](OC5CC(OC6CC(OC7CC(O)C(O)C(C)O7)C(OC7CC(O)C(OC)C(C)O7)C(C)O6)C(O)C(C)O5)[C@@H](C)C[C@H](C)[C@H]4[C@]3(C)C(O)=C3C(=O)O[C@]4(C[C@@H](C)C(CO)=C[C@H]4/C=C/2C)C3=O)CC1(C)N(O)O. The van der Waals surface area contributed by atoms with Crippen LogP contribution in [0, 0.1) is 46.8 Å². The molecule has 7 fully saturated rings. The molecule has 31 atom stereocenters. The molecule has 0 aromatic heterocycles. The van der Waals surface area contributed by atoms with Crippen LogP contribution in [0.1, 0.15) is 134 Å². The Morgan fingerprint density at radius 3 is 1.90 bits per heavy atom. The zero-order chi connectivity index (χ0) is 67.7. The number of methoxy groups -OCH3 is 2. The molecule has 26 heteroatoms. The monoisotopic (exact) mass is 1320 g/mol. The predicted octanol–water partition coefficient (Wildman–Crippen LogP) is 5.26. The number of Topliss-reactive ketones (excluding diaryl/α,β-unsaturated/α-hetero) is 1. The van der Waals surface area contributed by atoms with Gasteiger partial charge in [-0.3, -0.25) is 15.2 Å². The van der Waals surface area contributed by atoms with Crippen LogP contribution in [0.4, 0.5) is 4.79 Å². The van der Waals surface area contributed by atoms with Gasteiger partial charge in [-0.1, -0.05) is 68.9 Å². The minimum Gasteiger partial charge on any atom is -0.511 e. The van der Waals surface area contributed by atoms with Crippen LogP contribution in [0.15, 0.2) is 58.4 Å². The van der Waals surface area contributed by atoms with E-state index in [4.69, 9.17) is 61.6 Å². The Morgan fingerprint density at radius 1 is 0.667 bits per heavy atom. The summed E-state index contributed by atoms with van der Waals surface area (Å²) >= 11 is 0. The second kappa shape index (κ2) is 28.5. The number of nitrogens with zero attached hydrogens (tertiary/aromatic N) is 1. The molecule has 1 saturated carbocycles. The van der Waals surface area contributed by atoms with E-state index in [0.717, 1.165) is 5.57 Å². The summed E-state index contributed by atoms with van der Waals surface area (Å²) < 4.78 is 82.2. The van der Waals surface area contributed by atoms with Gasteiger partial charge in [0.05, 0.1) is 92.4 Å². The number of esters is 1. The van der Waals surface area contributed by atoms with E-state index >= 15 is 4.79 Å². The number of alkyl carbamates (subject to hydrolysis) is 1. The van der Waals surface area contributed by atoms with Crippen LogP contribution in [0.2, 0.25) is 0 Å². The average molecular weight is 1320 g/mol. The smallest absolute Gasteiger partial charge is 0.407 e. The molecule has 6 aliphatic heterocycles. The molecule has 1 amide bonds. The zero-order valence-electron chi connectivity index (χ0n) is 56.0. The van der Waals surface area contributed by atoms with Gasteiger partial charge in [0.15, 0.2) is 37.1 Å². The fourth-order valence-electron chi connectivity index (χ4n) is 17.3. The van der Waals surface area contributed by atoms with Gasteiger partial charge >= 0.3 is 12.1 Å². The van der Waals surface area contributed by atoms with E-state index in [1.807, 2.05) is 39.8 Å². The highest BCUT2D eigenvalue weighted by Crippen LogP contribution is 2.61. The molecule has 1 spiro atoms. The number of amides is 1. The number of ether oxygens (including phenoxy) is 13. The van der Waals surface area contributed by atoms with E-state index in [1.54, 1.807) is 53.7 Å². The van der Waals surface area contributed by atoms with Gasteiger partial charge in [-0.25, -0.2) is 9.59 Å². The number of nitrogens with one attached hydrogen (secondary N) is 1. The molecule has 20 unspecified atom stereocenters. The lowest BCUT2D eigenvalue weighted by molar-refractivity contribution is -0.390. The number of ketones is 1. The molecular formula is C67H102N2O24. The molecule has 9 N–H and O–H groups in total. The molecule has 0 aromatic rings. The van der Waals surface area contributed by atoms with Crippen LogP contribution >= 0.6 is 0 Å². The summed E-state index contributed by atoms with van der Waals surface area (Å²) in [5, 5.41) is 92.3. The fourth-order valence-corrected chi connectivity index (χ4v) is 17.3. The number of aliphatic hydroxyl groups is 6. The molecular weight excluding hydrogens is 1220 g/mol. The van der Waals surface area contributed by atoms with Crippen molar-refractivity contribution in [1.29, 1.82) is 0 Å². The average Bonchev–Trinajstić information content (AvgIpc) is 1.70. The number of rotatable bonds is 14. The molecule has 0 radical (unpaired) electrons. The largest absolute Gasteiger partial charge is 0.511 e. The third-order valence-electron chi connectivity index (χ3n) is 22.3. The molecule has 6 saturated heterocycles. The first kappa shape index (κ1) is 71.9. The number of aliphatic hydroxyl groups excluding tert-OH is 6. The lowest BCUT2D eigenvalue weighted by Crippen LogP contribution is -2.68. The van der Waals surface area contributed by atoms with Crippen LogP contribution in [-0.2, 0) is 71.2 Å². The second-order valence-corrected chi connectivity index (χ2v) is 28.6. The molecule has 524 valence electrons. The summed E-state index contributed by atoms with van der Waals surface area (Å²) in [4.78, 5) is 43.0. The first-order chi connectivity index (χ1) is 43.9. The molecule has 6 heterocycles. The van der Waals surface area contributed by atoms with Gasteiger partial charge in [-0.2, -0.15) is 0 Å². The number of hydrogen-bond donors (Lipinski definition) is 9. The van der Waals surface area contributed by atoms with Crippen LogP contribution < -0.4 is 5.32 Å². The number of allylic oxidation sites excluding steroid dienone is 3. The number of carbonyl (C=O) groups is 3. The van der Waals surface area contributed by atoms with Crippen molar-refractivity contribution in [3.05, 3.63) is 58.4 Å². The summed E-state index contributed by atoms with van der Waals surface area (Å²) in [7, 11) is 2.70. The van der Waals surface area contributed by atoms with E-state index in [9.17, 15) is 50.6 Å². The van der Waals surface area contributed by atoms with Crippen LogP contribution in [0.3, 0.4) is 0 Å². The number of carbonyl (C=O) groups excluding carboxylic acids is 3. The van der Waals surface area contributed by atoms with Crippen molar-refractivity contribution >= 4 is 17.8 Å². The van der Waals surface area contributed by atoms with Crippen molar-refractivity contribution in [1.82, 2.24) is 10.5 Å². The summed E-state index contributed by atoms with van der Waals surface area (Å²) in [6.45, 7) is 21.5. The standard InChI is InChI=1S/C67H102N2O24/c1-29-15-18-45(88-52-27-65(11,69(79)80)60(38(10)87-52)68-64(78)82-14)30(2)20-40-21-39(28-70)33(5)26-67(40)62(76)53(63(77)93-67)61(75)66(12)42(29)17-16-41-54(66)31(3)19-32(4)57(41)91-51-24-46(56(74)35(7)84-51)89-50-25-47(90-48-22-43(71)55(73)34(6)83-48)59(37(9)86-50)92-49-23-44(72)58(81-13)36(8)85-49/h15-17,20-21,31-38,40-52,54-60,70-75,79-80H,18-19,22-28H2,1-14H3,(H,68,78)/b29-15+,30-20+,61-53?/t31-,32-,33+,34?,35?,36?,37?,38?,40+,41-,42-,43?,44?,45-,46?,47?,48?,49?,50?,51?,52?,54+,55?,56?,57-,58?,59?,60?,65?,66+,67-/m0/s1. The Morgan fingerprint density at radius 2 is 1.26 bits per heavy atom. The van der Waals surface area contributed by atoms with Crippen molar-refractivity contribution in [3.8, 4) is 0 Å². The predicted molar refractivity (Wildman–Crippen MR) is 326 cm³/mol. The van der Waals surface area contributed by atoms with Gasteiger partial charge in [0.2, 0.25) is 5.78 Å². The van der Waals surface area contributed by atoms with E-state index < -0.39 is 204 Å². The number of hydrogen-bond acceptors (Lipinski definition) is 25. The molecule has 93 heavy (non-hydrogen) atoms. The highest BCUT2D eigenvalue weighted by atomic mass is 16.8. The minimum atomic E-state index is -1.83.